The molecule has 0 bridgehead atoms. The van der Waals surface area contributed by atoms with Crippen molar-refractivity contribution >= 4 is 0 Å². The number of rotatable bonds is 4. The van der Waals surface area contributed by atoms with Gasteiger partial charge in [-0.15, -0.1) is 0 Å². The summed E-state index contributed by atoms with van der Waals surface area (Å²) >= 11 is 0. The zero-order valence-corrected chi connectivity index (χ0v) is 9.07. The predicted octanol–water partition coefficient (Wildman–Crippen LogP) is 0.460. The van der Waals surface area contributed by atoms with Crippen LogP contribution in [-0.4, -0.2) is 47.8 Å². The maximum atomic E-state index is 9.42. The summed E-state index contributed by atoms with van der Waals surface area (Å²) < 4.78 is 11.3. The zero-order chi connectivity index (χ0) is 10.8. The monoisotopic (exact) mass is 216 g/mol. The van der Waals surface area contributed by atoms with Crippen LogP contribution < -0.4 is 0 Å². The molecule has 0 unspecified atom stereocenters. The van der Waals surface area contributed by atoms with Gasteiger partial charge in [0.1, 0.15) is 0 Å². The molecule has 0 spiro atoms. The van der Waals surface area contributed by atoms with Crippen molar-refractivity contribution in [3.8, 4) is 0 Å². The first kappa shape index (κ1) is 11.3. The summed E-state index contributed by atoms with van der Waals surface area (Å²) in [6.07, 6.45) is 4.33. The fraction of sp³-hybridized carbons (Fsp3) is 1.00. The van der Waals surface area contributed by atoms with Crippen molar-refractivity contribution in [1.82, 2.24) is 0 Å². The summed E-state index contributed by atoms with van der Waals surface area (Å²) in [6, 6.07) is 0. The van der Waals surface area contributed by atoms with Crippen LogP contribution in [0.2, 0.25) is 0 Å². The van der Waals surface area contributed by atoms with Gasteiger partial charge in [0.15, 0.2) is 0 Å². The fourth-order valence-corrected chi connectivity index (χ4v) is 2.74. The van der Waals surface area contributed by atoms with Crippen molar-refractivity contribution < 1.29 is 19.7 Å². The SMILES string of the molecule is OC[C@@]1(C[C@@]2(CO)CCCO2)CCCO1. The molecule has 2 aliphatic heterocycles. The normalized spacial score (nSPS) is 41.2. The van der Waals surface area contributed by atoms with Crippen molar-refractivity contribution in [3.63, 3.8) is 0 Å². The van der Waals surface area contributed by atoms with Gasteiger partial charge in [-0.2, -0.15) is 0 Å². The molecule has 88 valence electrons. The molecule has 0 amide bonds. The van der Waals surface area contributed by atoms with Crippen molar-refractivity contribution in [2.24, 2.45) is 0 Å². The minimum atomic E-state index is -0.465. The minimum absolute atomic E-state index is 0.0259. The lowest BCUT2D eigenvalue weighted by Crippen LogP contribution is -2.45. The largest absolute Gasteiger partial charge is 0.393 e. The van der Waals surface area contributed by atoms with Crippen LogP contribution in [-0.2, 0) is 9.47 Å². The molecule has 0 saturated carbocycles. The van der Waals surface area contributed by atoms with Crippen LogP contribution in [0.15, 0.2) is 0 Å². The van der Waals surface area contributed by atoms with Gasteiger partial charge in [0.2, 0.25) is 0 Å². The highest BCUT2D eigenvalue weighted by Crippen LogP contribution is 2.39. The third-order valence-corrected chi connectivity index (χ3v) is 3.59. The van der Waals surface area contributed by atoms with Crippen LogP contribution in [0.25, 0.3) is 0 Å². The van der Waals surface area contributed by atoms with E-state index < -0.39 is 11.2 Å². The van der Waals surface area contributed by atoms with Crippen LogP contribution in [0.5, 0.6) is 0 Å². The molecular weight excluding hydrogens is 196 g/mol. The summed E-state index contributed by atoms with van der Waals surface area (Å²) in [5, 5.41) is 18.8. The number of hydrogen-bond acceptors (Lipinski definition) is 4. The molecule has 0 aromatic rings. The van der Waals surface area contributed by atoms with E-state index in [1.807, 2.05) is 0 Å². The summed E-state index contributed by atoms with van der Waals surface area (Å²) in [4.78, 5) is 0. The van der Waals surface area contributed by atoms with Crippen molar-refractivity contribution in [1.29, 1.82) is 0 Å². The quantitative estimate of drug-likeness (QED) is 0.716. The molecule has 0 aromatic heterocycles. The molecule has 2 fully saturated rings. The molecule has 0 radical (unpaired) electrons. The Bertz CT molecular complexity index is 183. The van der Waals surface area contributed by atoms with E-state index in [1.54, 1.807) is 0 Å². The van der Waals surface area contributed by atoms with Gasteiger partial charge in [-0.05, 0) is 25.7 Å². The number of aliphatic hydroxyl groups is 2. The molecule has 2 heterocycles. The molecule has 0 aliphatic carbocycles. The maximum absolute atomic E-state index is 9.42. The lowest BCUT2D eigenvalue weighted by atomic mass is 9.84. The second kappa shape index (κ2) is 4.37. The van der Waals surface area contributed by atoms with Crippen LogP contribution in [0.3, 0.4) is 0 Å². The Labute approximate surface area is 90.2 Å². The Kier molecular flexibility index (Phi) is 3.30. The first-order valence-corrected chi connectivity index (χ1v) is 5.74. The second-order valence-electron chi connectivity index (χ2n) is 4.76. The minimum Gasteiger partial charge on any atom is -0.393 e. The lowest BCUT2D eigenvalue weighted by molar-refractivity contribution is -0.122. The summed E-state index contributed by atoms with van der Waals surface area (Å²) in [5.41, 5.74) is -0.930. The Balaban J connectivity index is 2.04. The standard InChI is InChI=1S/C11H20O4/c12-8-10(3-1-5-14-10)7-11(9-13)4-2-6-15-11/h12-13H,1-9H2/t10-,11+. The Morgan fingerprint density at radius 1 is 0.867 bits per heavy atom. The van der Waals surface area contributed by atoms with E-state index in [0.29, 0.717) is 19.6 Å². The van der Waals surface area contributed by atoms with Crippen molar-refractivity contribution in [2.75, 3.05) is 26.4 Å². The molecule has 2 aliphatic rings. The van der Waals surface area contributed by atoms with Gasteiger partial charge in [0, 0.05) is 19.6 Å². The third-order valence-electron chi connectivity index (χ3n) is 3.59. The van der Waals surface area contributed by atoms with Gasteiger partial charge in [-0.1, -0.05) is 0 Å². The van der Waals surface area contributed by atoms with E-state index in [1.165, 1.54) is 0 Å². The van der Waals surface area contributed by atoms with Crippen LogP contribution >= 0.6 is 0 Å². The summed E-state index contributed by atoms with van der Waals surface area (Å²) in [6.45, 7) is 1.47. The molecule has 2 saturated heterocycles. The highest BCUT2D eigenvalue weighted by Gasteiger charge is 2.45. The summed E-state index contributed by atoms with van der Waals surface area (Å²) in [7, 11) is 0. The number of ether oxygens (including phenoxy) is 2. The molecule has 2 rings (SSSR count). The van der Waals surface area contributed by atoms with E-state index in [9.17, 15) is 10.2 Å². The smallest absolute Gasteiger partial charge is 0.0941 e. The van der Waals surface area contributed by atoms with Crippen molar-refractivity contribution in [2.45, 2.75) is 43.3 Å². The van der Waals surface area contributed by atoms with Crippen LogP contribution in [0, 0.1) is 0 Å². The van der Waals surface area contributed by atoms with Gasteiger partial charge < -0.3 is 19.7 Å². The van der Waals surface area contributed by atoms with E-state index in [4.69, 9.17) is 9.47 Å². The molecular formula is C11H20O4. The van der Waals surface area contributed by atoms with Crippen molar-refractivity contribution in [3.05, 3.63) is 0 Å². The van der Waals surface area contributed by atoms with E-state index in [2.05, 4.69) is 0 Å². The molecule has 0 aromatic carbocycles. The molecule has 2 atom stereocenters. The molecule has 4 heteroatoms. The van der Waals surface area contributed by atoms with Gasteiger partial charge in [-0.25, -0.2) is 0 Å². The second-order valence-corrected chi connectivity index (χ2v) is 4.76. The number of aliphatic hydroxyl groups excluding tert-OH is 2. The van der Waals surface area contributed by atoms with Gasteiger partial charge in [0.05, 0.1) is 24.4 Å². The molecule has 4 nitrogen and oxygen atoms in total. The maximum Gasteiger partial charge on any atom is 0.0941 e. The average Bonchev–Trinajstić information content (AvgIpc) is 2.89. The fourth-order valence-electron chi connectivity index (χ4n) is 2.74. The molecule has 2 N–H and O–H groups in total. The van der Waals surface area contributed by atoms with Gasteiger partial charge >= 0.3 is 0 Å². The first-order chi connectivity index (χ1) is 7.24. The van der Waals surface area contributed by atoms with Gasteiger partial charge in [-0.3, -0.25) is 0 Å². The lowest BCUT2D eigenvalue weighted by Gasteiger charge is -2.36. The third kappa shape index (κ3) is 2.18. The zero-order valence-electron chi connectivity index (χ0n) is 9.07. The van der Waals surface area contributed by atoms with Gasteiger partial charge in [0.25, 0.3) is 0 Å². The average molecular weight is 216 g/mol. The highest BCUT2D eigenvalue weighted by atomic mass is 16.5. The summed E-state index contributed by atoms with van der Waals surface area (Å²) in [5.74, 6) is 0. The topological polar surface area (TPSA) is 58.9 Å². The number of hydrogen-bond donors (Lipinski definition) is 2. The predicted molar refractivity (Wildman–Crippen MR) is 54.6 cm³/mol. The van der Waals surface area contributed by atoms with E-state index in [-0.39, 0.29) is 13.2 Å². The molecule has 15 heavy (non-hydrogen) atoms. The van der Waals surface area contributed by atoms with Crippen LogP contribution in [0.4, 0.5) is 0 Å². The van der Waals surface area contributed by atoms with E-state index >= 15 is 0 Å². The Morgan fingerprint density at radius 3 is 1.60 bits per heavy atom. The van der Waals surface area contributed by atoms with Crippen LogP contribution in [0.1, 0.15) is 32.1 Å². The van der Waals surface area contributed by atoms with E-state index in [0.717, 1.165) is 25.7 Å². The highest BCUT2D eigenvalue weighted by molar-refractivity contribution is 4.96. The first-order valence-electron chi connectivity index (χ1n) is 5.74. The Morgan fingerprint density at radius 2 is 1.33 bits per heavy atom. The Hall–Kier alpha value is -0.160.